The molecule has 0 aliphatic heterocycles. The van der Waals surface area contributed by atoms with Gasteiger partial charge in [0, 0.05) is 0 Å². The van der Waals surface area contributed by atoms with Crippen LogP contribution >= 0.6 is 0 Å². The molecule has 0 saturated carbocycles. The molecule has 0 fully saturated rings. The maximum atomic E-state index is 13.0. The fraction of sp³-hybridized carbons (Fsp3) is 0.579. The van der Waals surface area contributed by atoms with Crippen molar-refractivity contribution in [2.45, 2.75) is 74.4 Å². The van der Waals surface area contributed by atoms with E-state index in [4.69, 9.17) is 0 Å². The lowest BCUT2D eigenvalue weighted by Crippen LogP contribution is -2.19. The van der Waals surface area contributed by atoms with Gasteiger partial charge in [-0.05, 0) is 43.5 Å². The fourth-order valence-corrected chi connectivity index (χ4v) is 4.73. The summed E-state index contributed by atoms with van der Waals surface area (Å²) >= 11 is 0. The van der Waals surface area contributed by atoms with E-state index < -0.39 is 20.9 Å². The Balaban J connectivity index is 2.13. The number of rotatable bonds is 2. The minimum Gasteiger partial charge on any atom is -0.223 e. The van der Waals surface area contributed by atoms with Crippen molar-refractivity contribution in [1.82, 2.24) is 0 Å². The molecule has 2 nitrogen and oxygen atoms in total. The van der Waals surface area contributed by atoms with E-state index in [1.165, 1.54) is 56.4 Å². The molecule has 1 unspecified atom stereocenters. The molecule has 1 aliphatic rings. The summed E-state index contributed by atoms with van der Waals surface area (Å²) in [5, 5.41) is -0.492. The maximum Gasteiger partial charge on any atom is 0.184 e. The Morgan fingerprint density at radius 3 is 2.04 bits per heavy atom. The van der Waals surface area contributed by atoms with E-state index in [1.54, 1.807) is 0 Å². The quantitative estimate of drug-likeness (QED) is 0.531. The van der Waals surface area contributed by atoms with Crippen molar-refractivity contribution < 1.29 is 12.8 Å². The van der Waals surface area contributed by atoms with Crippen LogP contribution in [0, 0.1) is 5.82 Å². The molecule has 0 heterocycles. The van der Waals surface area contributed by atoms with Gasteiger partial charge in [0.2, 0.25) is 0 Å². The molecule has 2 rings (SSSR count). The van der Waals surface area contributed by atoms with Gasteiger partial charge in [0.15, 0.2) is 9.84 Å². The van der Waals surface area contributed by atoms with Gasteiger partial charge in [-0.15, -0.1) is 0 Å². The van der Waals surface area contributed by atoms with E-state index in [-0.39, 0.29) is 4.90 Å². The second-order valence-electron chi connectivity index (χ2n) is 6.37. The summed E-state index contributed by atoms with van der Waals surface area (Å²) in [6.07, 6.45) is 14.8. The lowest BCUT2D eigenvalue weighted by Gasteiger charge is -2.14. The van der Waals surface area contributed by atoms with Gasteiger partial charge in [-0.2, -0.15) is 0 Å². The Kier molecular flexibility index (Phi) is 7.28. The molecule has 0 aromatic heterocycles. The molecule has 0 radical (unpaired) electrons. The normalized spacial score (nSPS) is 23.3. The standard InChI is InChI=1S/C19H27FO2S/c20-17-13-15-19(16-14-17)23(21,22)18-11-9-7-5-3-1-2-4-6-8-10-12-18/h9,11,13-16,18H,1-8,10,12H2/b11-9-. The first-order valence-electron chi connectivity index (χ1n) is 8.77. The van der Waals surface area contributed by atoms with Crippen LogP contribution in [0.15, 0.2) is 41.3 Å². The van der Waals surface area contributed by atoms with Gasteiger partial charge in [0.05, 0.1) is 10.1 Å². The summed E-state index contributed by atoms with van der Waals surface area (Å²) in [4.78, 5) is 0.220. The summed E-state index contributed by atoms with van der Waals surface area (Å²) in [5.41, 5.74) is 0. The van der Waals surface area contributed by atoms with E-state index in [1.807, 2.05) is 12.2 Å². The van der Waals surface area contributed by atoms with Crippen molar-refractivity contribution in [3.05, 3.63) is 42.2 Å². The van der Waals surface area contributed by atoms with Crippen LogP contribution in [0.2, 0.25) is 0 Å². The highest BCUT2D eigenvalue weighted by Crippen LogP contribution is 2.23. The van der Waals surface area contributed by atoms with Crippen LogP contribution in [-0.2, 0) is 9.84 Å². The predicted octanol–water partition coefficient (Wildman–Crippen LogP) is 5.44. The Labute approximate surface area is 139 Å². The Morgan fingerprint density at radius 2 is 1.39 bits per heavy atom. The highest BCUT2D eigenvalue weighted by Gasteiger charge is 2.24. The summed E-state index contributed by atoms with van der Waals surface area (Å²) in [6.45, 7) is 0. The molecule has 0 bridgehead atoms. The Bertz CT molecular complexity index is 590. The van der Waals surface area contributed by atoms with Gasteiger partial charge < -0.3 is 0 Å². The lowest BCUT2D eigenvalue weighted by atomic mass is 10.1. The summed E-state index contributed by atoms with van der Waals surface area (Å²) in [7, 11) is -3.43. The zero-order valence-electron chi connectivity index (χ0n) is 13.7. The van der Waals surface area contributed by atoms with Crippen molar-refractivity contribution in [3.63, 3.8) is 0 Å². The summed E-state index contributed by atoms with van der Waals surface area (Å²) in [5.74, 6) is -0.408. The molecule has 23 heavy (non-hydrogen) atoms. The molecule has 0 spiro atoms. The molecule has 4 heteroatoms. The summed E-state index contributed by atoms with van der Waals surface area (Å²) < 4.78 is 38.7. The van der Waals surface area contributed by atoms with E-state index >= 15 is 0 Å². The van der Waals surface area contributed by atoms with Crippen LogP contribution in [-0.4, -0.2) is 13.7 Å². The third-order valence-corrected chi connectivity index (χ3v) is 6.62. The lowest BCUT2D eigenvalue weighted by molar-refractivity contribution is 0.554. The average Bonchev–Trinajstić information content (AvgIpc) is 2.56. The van der Waals surface area contributed by atoms with Gasteiger partial charge in [0.25, 0.3) is 0 Å². The van der Waals surface area contributed by atoms with Gasteiger partial charge in [0.1, 0.15) is 5.82 Å². The van der Waals surface area contributed by atoms with Crippen molar-refractivity contribution >= 4 is 9.84 Å². The number of hydrogen-bond donors (Lipinski definition) is 0. The number of allylic oxidation sites excluding steroid dienone is 1. The highest BCUT2D eigenvalue weighted by molar-refractivity contribution is 7.92. The van der Waals surface area contributed by atoms with Gasteiger partial charge in [-0.25, -0.2) is 12.8 Å². The second kappa shape index (κ2) is 9.21. The Hall–Kier alpha value is -1.16. The van der Waals surface area contributed by atoms with Crippen molar-refractivity contribution in [2.75, 3.05) is 0 Å². The minimum absolute atomic E-state index is 0.220. The fourth-order valence-electron chi connectivity index (χ4n) is 3.07. The predicted molar refractivity (Wildman–Crippen MR) is 92.7 cm³/mol. The van der Waals surface area contributed by atoms with Crippen LogP contribution in [0.3, 0.4) is 0 Å². The molecule has 1 aromatic carbocycles. The van der Waals surface area contributed by atoms with Gasteiger partial charge >= 0.3 is 0 Å². The molecule has 1 aliphatic carbocycles. The summed E-state index contributed by atoms with van der Waals surface area (Å²) in [6, 6.07) is 5.19. The molecule has 0 amide bonds. The second-order valence-corrected chi connectivity index (χ2v) is 8.54. The molecule has 128 valence electrons. The molecular formula is C19H27FO2S. The van der Waals surface area contributed by atoms with E-state index in [0.29, 0.717) is 6.42 Å². The van der Waals surface area contributed by atoms with Crippen LogP contribution in [0.1, 0.15) is 64.2 Å². The van der Waals surface area contributed by atoms with Crippen molar-refractivity contribution in [2.24, 2.45) is 0 Å². The topological polar surface area (TPSA) is 34.1 Å². The first kappa shape index (κ1) is 18.2. The smallest absolute Gasteiger partial charge is 0.184 e. The molecule has 1 atom stereocenters. The monoisotopic (exact) mass is 338 g/mol. The third kappa shape index (κ3) is 5.76. The van der Waals surface area contributed by atoms with Crippen molar-refractivity contribution in [3.8, 4) is 0 Å². The van der Waals surface area contributed by atoms with Gasteiger partial charge in [-0.3, -0.25) is 0 Å². The minimum atomic E-state index is -3.43. The number of hydrogen-bond acceptors (Lipinski definition) is 2. The highest BCUT2D eigenvalue weighted by atomic mass is 32.2. The molecule has 1 aromatic rings. The van der Waals surface area contributed by atoms with Crippen LogP contribution < -0.4 is 0 Å². The van der Waals surface area contributed by atoms with E-state index in [9.17, 15) is 12.8 Å². The SMILES string of the molecule is O=S(=O)(c1ccc(F)cc1)C1/C=C\CCCCCCCCCC1. The van der Waals surface area contributed by atoms with Crippen LogP contribution in [0.4, 0.5) is 4.39 Å². The molecule has 0 N–H and O–H groups in total. The van der Waals surface area contributed by atoms with Gasteiger partial charge in [-0.1, -0.05) is 57.1 Å². The van der Waals surface area contributed by atoms with Crippen molar-refractivity contribution in [1.29, 1.82) is 0 Å². The van der Waals surface area contributed by atoms with E-state index in [2.05, 4.69) is 0 Å². The first-order valence-corrected chi connectivity index (χ1v) is 10.3. The molecule has 0 saturated heterocycles. The average molecular weight is 338 g/mol. The number of halogens is 1. The van der Waals surface area contributed by atoms with Crippen LogP contribution in [0.25, 0.3) is 0 Å². The number of benzene rings is 1. The first-order chi connectivity index (χ1) is 11.1. The zero-order valence-corrected chi connectivity index (χ0v) is 14.5. The largest absolute Gasteiger partial charge is 0.223 e. The zero-order chi connectivity index (χ0) is 16.5. The third-order valence-electron chi connectivity index (χ3n) is 4.50. The maximum absolute atomic E-state index is 13.0. The van der Waals surface area contributed by atoms with E-state index in [0.717, 1.165) is 25.7 Å². The van der Waals surface area contributed by atoms with Crippen LogP contribution in [0.5, 0.6) is 0 Å². The molecular weight excluding hydrogens is 311 g/mol. The number of sulfone groups is 1. The Morgan fingerprint density at radius 1 is 0.826 bits per heavy atom.